The number of nitrogens with two attached hydrogens (primary N) is 1. The van der Waals surface area contributed by atoms with Crippen molar-refractivity contribution in [3.63, 3.8) is 0 Å². The first-order chi connectivity index (χ1) is 8.01. The van der Waals surface area contributed by atoms with Gasteiger partial charge in [-0.25, -0.2) is 0 Å². The van der Waals surface area contributed by atoms with Crippen LogP contribution < -0.4 is 5.73 Å². The molecule has 1 heterocycles. The highest BCUT2D eigenvalue weighted by molar-refractivity contribution is 5.78. The van der Waals surface area contributed by atoms with Crippen LogP contribution in [-0.2, 0) is 0 Å². The number of nitrogens with one attached hydrogen (secondary N) is 1. The van der Waals surface area contributed by atoms with E-state index in [9.17, 15) is 0 Å². The third kappa shape index (κ3) is 3.42. The molecule has 4 heteroatoms. The molecular formula is C13H26N4. The lowest BCUT2D eigenvalue weighted by Crippen LogP contribution is -2.41. The van der Waals surface area contributed by atoms with E-state index in [1.54, 1.807) is 0 Å². The highest BCUT2D eigenvalue weighted by atomic mass is 15.2. The van der Waals surface area contributed by atoms with Gasteiger partial charge in [-0.15, -0.1) is 0 Å². The fourth-order valence-electron chi connectivity index (χ4n) is 3.06. The van der Waals surface area contributed by atoms with E-state index < -0.39 is 0 Å². The Bertz CT molecular complexity index is 285. The molecule has 0 amide bonds. The summed E-state index contributed by atoms with van der Waals surface area (Å²) in [6, 6.07) is 0.631. The molecule has 1 atom stereocenters. The minimum Gasteiger partial charge on any atom is -0.388 e. The van der Waals surface area contributed by atoms with Gasteiger partial charge in [0.05, 0.1) is 5.84 Å². The normalized spacial score (nSPS) is 29.9. The van der Waals surface area contributed by atoms with E-state index in [0.717, 1.165) is 19.5 Å². The molecule has 2 fully saturated rings. The summed E-state index contributed by atoms with van der Waals surface area (Å²) >= 11 is 0. The Labute approximate surface area is 105 Å². The van der Waals surface area contributed by atoms with E-state index in [0.29, 0.717) is 17.3 Å². The Morgan fingerprint density at radius 2 is 2.12 bits per heavy atom. The van der Waals surface area contributed by atoms with Gasteiger partial charge in [0, 0.05) is 25.6 Å². The summed E-state index contributed by atoms with van der Waals surface area (Å²) in [5, 5.41) is 7.48. The maximum Gasteiger partial charge on any atom is 0.0911 e. The molecule has 1 saturated heterocycles. The van der Waals surface area contributed by atoms with Crippen molar-refractivity contribution < 1.29 is 0 Å². The molecule has 0 bridgehead atoms. The van der Waals surface area contributed by atoms with Crippen molar-refractivity contribution in [3.05, 3.63) is 0 Å². The molecule has 0 aromatic rings. The third-order valence-electron chi connectivity index (χ3n) is 4.25. The van der Waals surface area contributed by atoms with Gasteiger partial charge < -0.3 is 10.6 Å². The zero-order valence-electron chi connectivity index (χ0n) is 11.2. The molecule has 0 aromatic carbocycles. The molecule has 1 unspecified atom stereocenters. The predicted molar refractivity (Wildman–Crippen MR) is 71.3 cm³/mol. The molecule has 1 saturated carbocycles. The number of amidine groups is 1. The van der Waals surface area contributed by atoms with Crippen LogP contribution >= 0.6 is 0 Å². The number of likely N-dealkylation sites (N-methyl/N-ethyl adjacent to an activating group) is 1. The first-order valence-corrected chi connectivity index (χ1v) is 6.76. The largest absolute Gasteiger partial charge is 0.388 e. The van der Waals surface area contributed by atoms with Crippen LogP contribution in [0.5, 0.6) is 0 Å². The highest BCUT2D eigenvalue weighted by Crippen LogP contribution is 2.49. The fraction of sp³-hybridized carbons (Fsp3) is 0.923. The molecule has 17 heavy (non-hydrogen) atoms. The van der Waals surface area contributed by atoms with Crippen molar-refractivity contribution in [2.45, 2.75) is 38.6 Å². The van der Waals surface area contributed by atoms with Gasteiger partial charge in [-0.1, -0.05) is 0 Å². The van der Waals surface area contributed by atoms with Gasteiger partial charge >= 0.3 is 0 Å². The van der Waals surface area contributed by atoms with Crippen molar-refractivity contribution >= 4 is 5.84 Å². The number of rotatable bonds is 4. The average Bonchev–Trinajstić information content (AvgIpc) is 2.95. The molecule has 0 aromatic heterocycles. The number of nitrogens with zero attached hydrogens (tertiary/aromatic N) is 2. The first-order valence-electron chi connectivity index (χ1n) is 6.76. The Morgan fingerprint density at radius 1 is 1.41 bits per heavy atom. The third-order valence-corrected chi connectivity index (χ3v) is 4.25. The van der Waals surface area contributed by atoms with Gasteiger partial charge in [0.25, 0.3) is 0 Å². The quantitative estimate of drug-likeness (QED) is 0.570. The second-order valence-corrected chi connectivity index (χ2v) is 6.14. The maximum absolute atomic E-state index is 7.48. The van der Waals surface area contributed by atoms with Gasteiger partial charge in [-0.3, -0.25) is 10.3 Å². The van der Waals surface area contributed by atoms with Crippen LogP contribution in [0.3, 0.4) is 0 Å². The Balaban J connectivity index is 1.91. The summed E-state index contributed by atoms with van der Waals surface area (Å²) in [5.41, 5.74) is 5.92. The van der Waals surface area contributed by atoms with Crippen molar-refractivity contribution in [2.75, 3.05) is 33.2 Å². The lowest BCUT2D eigenvalue weighted by Gasteiger charge is -2.31. The van der Waals surface area contributed by atoms with E-state index in [1.807, 2.05) is 0 Å². The first kappa shape index (κ1) is 12.8. The standard InChI is InChI=1S/C13H26N4/c1-11-9-16(2)6-3-7-17(11)10-13(4-5-13)8-12(14)15/h11H,3-10H2,1-2H3,(H3,14,15). The van der Waals surface area contributed by atoms with E-state index in [2.05, 4.69) is 23.8 Å². The molecule has 1 aliphatic heterocycles. The SMILES string of the molecule is CC1CN(C)CCCN1CC1(CC(=N)N)CC1. The van der Waals surface area contributed by atoms with Crippen LogP contribution in [0.1, 0.15) is 32.6 Å². The summed E-state index contributed by atoms with van der Waals surface area (Å²) in [6.07, 6.45) is 4.57. The zero-order valence-corrected chi connectivity index (χ0v) is 11.2. The van der Waals surface area contributed by atoms with E-state index >= 15 is 0 Å². The minimum atomic E-state index is 0.350. The van der Waals surface area contributed by atoms with Crippen molar-refractivity contribution in [2.24, 2.45) is 11.1 Å². The van der Waals surface area contributed by atoms with Gasteiger partial charge in [0.2, 0.25) is 0 Å². The molecule has 0 radical (unpaired) electrons. The second kappa shape index (κ2) is 4.94. The number of hydrogen-bond acceptors (Lipinski definition) is 3. The Kier molecular flexibility index (Phi) is 3.73. The van der Waals surface area contributed by atoms with Crippen molar-refractivity contribution in [3.8, 4) is 0 Å². The Hall–Kier alpha value is -0.610. The van der Waals surface area contributed by atoms with Gasteiger partial charge in [0.15, 0.2) is 0 Å². The summed E-state index contributed by atoms with van der Waals surface area (Å²) < 4.78 is 0. The molecule has 2 aliphatic rings. The van der Waals surface area contributed by atoms with Crippen LogP contribution in [0, 0.1) is 10.8 Å². The van der Waals surface area contributed by atoms with E-state index in [-0.39, 0.29) is 0 Å². The fourth-order valence-corrected chi connectivity index (χ4v) is 3.06. The Morgan fingerprint density at radius 3 is 2.71 bits per heavy atom. The zero-order chi connectivity index (χ0) is 12.5. The topological polar surface area (TPSA) is 56.4 Å². The number of hydrogen-bond donors (Lipinski definition) is 2. The summed E-state index contributed by atoms with van der Waals surface area (Å²) in [7, 11) is 2.21. The minimum absolute atomic E-state index is 0.350. The van der Waals surface area contributed by atoms with Crippen LogP contribution in [0.4, 0.5) is 0 Å². The van der Waals surface area contributed by atoms with Crippen molar-refractivity contribution in [1.82, 2.24) is 9.80 Å². The summed E-state index contributed by atoms with van der Waals surface area (Å²) in [4.78, 5) is 5.04. The monoisotopic (exact) mass is 238 g/mol. The molecular weight excluding hydrogens is 212 g/mol. The highest BCUT2D eigenvalue weighted by Gasteiger charge is 2.44. The van der Waals surface area contributed by atoms with Crippen LogP contribution in [0.2, 0.25) is 0 Å². The smallest absolute Gasteiger partial charge is 0.0911 e. The lowest BCUT2D eigenvalue weighted by atomic mass is 10.00. The van der Waals surface area contributed by atoms with Gasteiger partial charge in [-0.2, -0.15) is 0 Å². The van der Waals surface area contributed by atoms with Crippen LogP contribution in [-0.4, -0.2) is 54.9 Å². The molecule has 2 rings (SSSR count). The lowest BCUT2D eigenvalue weighted by molar-refractivity contribution is 0.167. The molecule has 98 valence electrons. The summed E-state index contributed by atoms with van der Waals surface area (Å²) in [5.74, 6) is 0.363. The predicted octanol–water partition coefficient (Wildman–Crippen LogP) is 1.12. The van der Waals surface area contributed by atoms with Gasteiger partial charge in [0.1, 0.15) is 0 Å². The van der Waals surface area contributed by atoms with Crippen LogP contribution in [0.25, 0.3) is 0 Å². The van der Waals surface area contributed by atoms with E-state index in [4.69, 9.17) is 11.1 Å². The molecule has 3 N–H and O–H groups in total. The average molecular weight is 238 g/mol. The molecule has 4 nitrogen and oxygen atoms in total. The molecule has 0 spiro atoms. The van der Waals surface area contributed by atoms with Crippen molar-refractivity contribution in [1.29, 1.82) is 5.41 Å². The van der Waals surface area contributed by atoms with Crippen LogP contribution in [0.15, 0.2) is 0 Å². The summed E-state index contributed by atoms with van der Waals surface area (Å²) in [6.45, 7) is 7.04. The molecule has 1 aliphatic carbocycles. The van der Waals surface area contributed by atoms with E-state index in [1.165, 1.54) is 32.4 Å². The van der Waals surface area contributed by atoms with Gasteiger partial charge in [-0.05, 0) is 51.7 Å². The maximum atomic E-state index is 7.48. The second-order valence-electron chi connectivity index (χ2n) is 6.14.